The molecular formula is C12H20N2O2S. The number of carboxylic acids is 1. The number of carbonyl (C=O) groups is 1. The van der Waals surface area contributed by atoms with E-state index in [1.807, 2.05) is 25.9 Å². The third kappa shape index (κ3) is 4.07. The fraction of sp³-hybridized carbons (Fsp3) is 0.750. The average molecular weight is 256 g/mol. The fourth-order valence-corrected chi connectivity index (χ4v) is 2.31. The number of aliphatic imine (C=N–C) groups is 1. The molecule has 1 fully saturated rings. The number of amidine groups is 1. The number of aliphatic carboxylic acids is 1. The molecule has 0 aromatic carbocycles. The van der Waals surface area contributed by atoms with E-state index in [1.165, 1.54) is 0 Å². The van der Waals surface area contributed by atoms with Crippen molar-refractivity contribution < 1.29 is 9.90 Å². The Morgan fingerprint density at radius 2 is 1.71 bits per heavy atom. The first-order valence-electron chi connectivity index (χ1n) is 5.91. The number of rotatable bonds is 2. The molecule has 0 aromatic rings. The SMILES string of the molecule is CC(=NC(=S)[C@H]1CC[C@H](C(=O)O)CC1)N(C)C. The summed E-state index contributed by atoms with van der Waals surface area (Å²) in [6.45, 7) is 1.93. The van der Waals surface area contributed by atoms with Gasteiger partial charge in [-0.2, -0.15) is 0 Å². The van der Waals surface area contributed by atoms with Crippen molar-refractivity contribution >= 4 is 29.0 Å². The van der Waals surface area contributed by atoms with E-state index in [2.05, 4.69) is 4.99 Å². The molecule has 5 heteroatoms. The average Bonchev–Trinajstić information content (AvgIpc) is 2.28. The maximum atomic E-state index is 10.8. The van der Waals surface area contributed by atoms with Crippen LogP contribution in [0.2, 0.25) is 0 Å². The number of thiocarbonyl (C=S) groups is 1. The Morgan fingerprint density at radius 1 is 1.24 bits per heavy atom. The van der Waals surface area contributed by atoms with Gasteiger partial charge < -0.3 is 10.0 Å². The number of nitrogens with zero attached hydrogens (tertiary/aromatic N) is 2. The van der Waals surface area contributed by atoms with Crippen LogP contribution in [0.3, 0.4) is 0 Å². The third-order valence-electron chi connectivity index (χ3n) is 3.34. The summed E-state index contributed by atoms with van der Waals surface area (Å²) < 4.78 is 0. The number of hydrogen-bond acceptors (Lipinski definition) is 2. The third-order valence-corrected chi connectivity index (χ3v) is 3.77. The molecule has 0 saturated heterocycles. The lowest BCUT2D eigenvalue weighted by Crippen LogP contribution is -2.26. The van der Waals surface area contributed by atoms with Crippen molar-refractivity contribution in [3.8, 4) is 0 Å². The molecule has 96 valence electrons. The van der Waals surface area contributed by atoms with Crippen LogP contribution in [0.1, 0.15) is 32.6 Å². The highest BCUT2D eigenvalue weighted by atomic mass is 32.1. The quantitative estimate of drug-likeness (QED) is 0.467. The van der Waals surface area contributed by atoms with Gasteiger partial charge in [0.15, 0.2) is 0 Å². The molecule has 1 aliphatic carbocycles. The van der Waals surface area contributed by atoms with Crippen molar-refractivity contribution in [2.24, 2.45) is 16.8 Å². The molecule has 0 aromatic heterocycles. The Hall–Kier alpha value is -0.970. The molecule has 0 spiro atoms. The summed E-state index contributed by atoms with van der Waals surface area (Å²) in [5.74, 6) is 0.307. The Morgan fingerprint density at radius 3 is 2.12 bits per heavy atom. The fourth-order valence-electron chi connectivity index (χ4n) is 1.94. The minimum absolute atomic E-state index is 0.187. The van der Waals surface area contributed by atoms with Crippen LogP contribution in [0.15, 0.2) is 4.99 Å². The highest BCUT2D eigenvalue weighted by Gasteiger charge is 2.27. The van der Waals surface area contributed by atoms with Gasteiger partial charge in [-0.1, -0.05) is 12.2 Å². The van der Waals surface area contributed by atoms with Crippen LogP contribution >= 0.6 is 12.2 Å². The highest BCUT2D eigenvalue weighted by Crippen LogP contribution is 2.30. The van der Waals surface area contributed by atoms with Crippen LogP contribution in [-0.4, -0.2) is 40.9 Å². The topological polar surface area (TPSA) is 52.9 Å². The van der Waals surface area contributed by atoms with Crippen LogP contribution in [0.4, 0.5) is 0 Å². The summed E-state index contributed by atoms with van der Waals surface area (Å²) in [5, 5.41) is 8.91. The molecule has 0 bridgehead atoms. The molecule has 4 nitrogen and oxygen atoms in total. The molecule has 0 unspecified atom stereocenters. The van der Waals surface area contributed by atoms with Gasteiger partial charge in [0.1, 0.15) is 10.8 Å². The van der Waals surface area contributed by atoms with Crippen molar-refractivity contribution in [1.29, 1.82) is 0 Å². The zero-order valence-electron chi connectivity index (χ0n) is 10.6. The smallest absolute Gasteiger partial charge is 0.306 e. The van der Waals surface area contributed by atoms with Gasteiger partial charge in [0, 0.05) is 20.0 Å². The van der Waals surface area contributed by atoms with Crippen molar-refractivity contribution in [2.45, 2.75) is 32.6 Å². The van der Waals surface area contributed by atoms with E-state index in [-0.39, 0.29) is 11.8 Å². The molecule has 1 rings (SSSR count). The first kappa shape index (κ1) is 14.1. The minimum atomic E-state index is -0.678. The van der Waals surface area contributed by atoms with Crippen LogP contribution in [0.25, 0.3) is 0 Å². The predicted molar refractivity (Wildman–Crippen MR) is 72.5 cm³/mol. The van der Waals surface area contributed by atoms with Crippen LogP contribution < -0.4 is 0 Å². The highest BCUT2D eigenvalue weighted by molar-refractivity contribution is 7.80. The second kappa shape index (κ2) is 6.10. The van der Waals surface area contributed by atoms with Gasteiger partial charge in [0.05, 0.1) is 5.92 Å². The Labute approximate surface area is 108 Å². The van der Waals surface area contributed by atoms with Gasteiger partial charge in [-0.15, -0.1) is 0 Å². The van der Waals surface area contributed by atoms with Crippen LogP contribution in [-0.2, 0) is 4.79 Å². The van der Waals surface area contributed by atoms with Crippen LogP contribution in [0, 0.1) is 11.8 Å². The van der Waals surface area contributed by atoms with Crippen molar-refractivity contribution in [1.82, 2.24) is 4.90 Å². The van der Waals surface area contributed by atoms with Gasteiger partial charge in [-0.05, 0) is 32.6 Å². The zero-order valence-corrected chi connectivity index (χ0v) is 11.5. The minimum Gasteiger partial charge on any atom is -0.481 e. The standard InChI is InChI=1S/C12H20N2O2S/c1-8(14(2)3)13-11(17)9-4-6-10(7-5-9)12(15)16/h9-10H,4-7H2,1-3H3,(H,15,16)/t9-,10-. The van der Waals surface area contributed by atoms with Crippen LogP contribution in [0.5, 0.6) is 0 Å². The van der Waals surface area contributed by atoms with E-state index in [4.69, 9.17) is 17.3 Å². The molecule has 0 heterocycles. The van der Waals surface area contributed by atoms with Gasteiger partial charge in [-0.25, -0.2) is 4.99 Å². The predicted octanol–water partition coefficient (Wildman–Crippen LogP) is 2.18. The molecule has 0 atom stereocenters. The van der Waals surface area contributed by atoms with E-state index >= 15 is 0 Å². The van der Waals surface area contributed by atoms with Gasteiger partial charge >= 0.3 is 5.97 Å². The lowest BCUT2D eigenvalue weighted by Gasteiger charge is -2.25. The molecule has 1 aliphatic rings. The number of hydrogen-bond donors (Lipinski definition) is 1. The molecule has 1 saturated carbocycles. The molecule has 1 N–H and O–H groups in total. The molecule has 0 amide bonds. The van der Waals surface area contributed by atoms with E-state index in [0.717, 1.165) is 36.5 Å². The van der Waals surface area contributed by atoms with Gasteiger partial charge in [-0.3, -0.25) is 4.79 Å². The molecule has 17 heavy (non-hydrogen) atoms. The molecule has 0 radical (unpaired) electrons. The summed E-state index contributed by atoms with van der Waals surface area (Å²) >= 11 is 5.31. The van der Waals surface area contributed by atoms with E-state index in [1.54, 1.807) is 0 Å². The second-order valence-corrected chi connectivity index (χ2v) is 5.20. The van der Waals surface area contributed by atoms with E-state index in [9.17, 15) is 4.79 Å². The summed E-state index contributed by atoms with van der Waals surface area (Å²) in [4.78, 5) is 17.9. The normalized spacial score (nSPS) is 25.5. The zero-order chi connectivity index (χ0) is 13.0. The summed E-state index contributed by atoms with van der Waals surface area (Å²) in [7, 11) is 3.87. The summed E-state index contributed by atoms with van der Waals surface area (Å²) in [6.07, 6.45) is 3.13. The largest absolute Gasteiger partial charge is 0.481 e. The van der Waals surface area contributed by atoms with Crippen molar-refractivity contribution in [3.63, 3.8) is 0 Å². The molecular weight excluding hydrogens is 236 g/mol. The first-order chi connectivity index (χ1) is 7.91. The molecule has 0 aliphatic heterocycles. The van der Waals surface area contributed by atoms with Crippen molar-refractivity contribution in [2.75, 3.05) is 14.1 Å². The van der Waals surface area contributed by atoms with Gasteiger partial charge in [0.2, 0.25) is 0 Å². The number of carboxylic acid groups (broad SMARTS) is 1. The Kier molecular flexibility index (Phi) is 5.05. The summed E-state index contributed by atoms with van der Waals surface area (Å²) in [6, 6.07) is 0. The maximum absolute atomic E-state index is 10.8. The first-order valence-corrected chi connectivity index (χ1v) is 6.32. The maximum Gasteiger partial charge on any atom is 0.306 e. The monoisotopic (exact) mass is 256 g/mol. The lowest BCUT2D eigenvalue weighted by atomic mass is 9.82. The van der Waals surface area contributed by atoms with E-state index < -0.39 is 5.97 Å². The Bertz CT molecular complexity index is 331. The van der Waals surface area contributed by atoms with Crippen molar-refractivity contribution in [3.05, 3.63) is 0 Å². The summed E-state index contributed by atoms with van der Waals surface area (Å²) in [5.41, 5.74) is 0. The second-order valence-electron chi connectivity index (χ2n) is 4.78. The lowest BCUT2D eigenvalue weighted by molar-refractivity contribution is -0.142. The Balaban J connectivity index is 2.52. The van der Waals surface area contributed by atoms with Gasteiger partial charge in [0.25, 0.3) is 0 Å². The van der Waals surface area contributed by atoms with E-state index in [0.29, 0.717) is 0 Å².